The highest BCUT2D eigenvalue weighted by atomic mass is 31.2. The fraction of sp³-hybridized carbons (Fsp3) is 0.667. The predicted molar refractivity (Wildman–Crippen MR) is 129 cm³/mol. The maximum atomic E-state index is 13.7. The van der Waals surface area contributed by atoms with Gasteiger partial charge in [0.15, 0.2) is 11.5 Å². The first-order chi connectivity index (χ1) is 16.2. The zero-order valence-electron chi connectivity index (χ0n) is 20.9. The van der Waals surface area contributed by atoms with Gasteiger partial charge in [-0.2, -0.15) is 0 Å². The van der Waals surface area contributed by atoms with Crippen molar-refractivity contribution < 1.29 is 33.3 Å². The van der Waals surface area contributed by atoms with E-state index in [0.29, 0.717) is 17.7 Å². The molecule has 3 atom stereocenters. The van der Waals surface area contributed by atoms with Crippen LogP contribution in [0.1, 0.15) is 48.0 Å². The number of hydrogen-bond acceptors (Lipinski definition) is 10. The number of fused-ring (bicyclic) bond motifs is 1. The lowest BCUT2D eigenvalue weighted by atomic mass is 10.1. The SMILES string of the molecule is CC(C)OC(=O)C(C)(C)NP(=O)(CO[C@@H](C)Cn1cnc2c(N)ncnc21)OCC[C@H](C)C(=O)O. The van der Waals surface area contributed by atoms with Crippen LogP contribution in [0.4, 0.5) is 5.82 Å². The summed E-state index contributed by atoms with van der Waals surface area (Å²) in [5.74, 6) is -2.02. The monoisotopic (exact) mass is 514 g/mol. The molecule has 0 aromatic carbocycles. The topological polar surface area (TPSA) is 181 Å². The van der Waals surface area contributed by atoms with Crippen molar-refractivity contribution in [2.75, 3.05) is 18.7 Å². The van der Waals surface area contributed by atoms with Gasteiger partial charge in [-0.25, -0.2) is 20.0 Å². The number of carboxylic acids is 1. The molecule has 0 bridgehead atoms. The lowest BCUT2D eigenvalue weighted by Crippen LogP contribution is -2.47. The van der Waals surface area contributed by atoms with Gasteiger partial charge in [0.25, 0.3) is 7.52 Å². The normalized spacial score (nSPS) is 15.6. The van der Waals surface area contributed by atoms with E-state index in [1.807, 2.05) is 0 Å². The third-order valence-corrected chi connectivity index (χ3v) is 6.98. The van der Waals surface area contributed by atoms with Crippen LogP contribution >= 0.6 is 7.52 Å². The Hall–Kier alpha value is -2.60. The smallest absolute Gasteiger partial charge is 0.326 e. The number of hydrogen-bond donors (Lipinski definition) is 3. The number of nitrogen functional groups attached to an aromatic ring is 1. The summed E-state index contributed by atoms with van der Waals surface area (Å²) >= 11 is 0. The van der Waals surface area contributed by atoms with Crippen LogP contribution in [0.15, 0.2) is 12.7 Å². The molecule has 14 heteroatoms. The van der Waals surface area contributed by atoms with Crippen LogP contribution < -0.4 is 10.8 Å². The molecule has 0 saturated carbocycles. The quantitative estimate of drug-likeness (QED) is 0.248. The van der Waals surface area contributed by atoms with Gasteiger partial charge in [-0.05, 0) is 41.0 Å². The van der Waals surface area contributed by atoms with Crippen molar-refractivity contribution >= 4 is 36.4 Å². The number of ether oxygens (including phenoxy) is 2. The van der Waals surface area contributed by atoms with Crippen LogP contribution in [0.25, 0.3) is 11.2 Å². The number of carbonyl (C=O) groups is 2. The van der Waals surface area contributed by atoms with Crippen molar-refractivity contribution in [3.63, 3.8) is 0 Å². The molecule has 0 aliphatic rings. The Bertz CT molecular complexity index is 1070. The fourth-order valence-electron chi connectivity index (χ4n) is 3.02. The molecule has 35 heavy (non-hydrogen) atoms. The van der Waals surface area contributed by atoms with Gasteiger partial charge in [-0.3, -0.25) is 14.2 Å². The largest absolute Gasteiger partial charge is 0.481 e. The molecule has 2 rings (SSSR count). The molecule has 0 aliphatic carbocycles. The van der Waals surface area contributed by atoms with E-state index in [2.05, 4.69) is 20.0 Å². The summed E-state index contributed by atoms with van der Waals surface area (Å²) < 4.78 is 32.1. The maximum absolute atomic E-state index is 13.7. The zero-order chi connectivity index (χ0) is 26.4. The molecule has 0 fully saturated rings. The molecule has 0 saturated heterocycles. The van der Waals surface area contributed by atoms with Crippen LogP contribution in [-0.2, 0) is 34.7 Å². The Kier molecular flexibility index (Phi) is 9.73. The number of aliphatic carboxylic acids is 1. The van der Waals surface area contributed by atoms with Crippen molar-refractivity contribution in [1.29, 1.82) is 0 Å². The maximum Gasteiger partial charge on any atom is 0.326 e. The number of rotatable bonds is 14. The van der Waals surface area contributed by atoms with Gasteiger partial charge in [0.2, 0.25) is 0 Å². The van der Waals surface area contributed by atoms with Gasteiger partial charge in [0, 0.05) is 0 Å². The van der Waals surface area contributed by atoms with E-state index in [9.17, 15) is 14.2 Å². The van der Waals surface area contributed by atoms with Crippen LogP contribution in [0, 0.1) is 5.92 Å². The summed E-state index contributed by atoms with van der Waals surface area (Å²) in [6, 6.07) is 0. The number of nitrogens with zero attached hydrogens (tertiary/aromatic N) is 4. The summed E-state index contributed by atoms with van der Waals surface area (Å²) in [6.07, 6.45) is 1.85. The van der Waals surface area contributed by atoms with E-state index in [0.717, 1.165) is 0 Å². The average molecular weight is 515 g/mol. The number of nitrogens with one attached hydrogen (secondary N) is 1. The average Bonchev–Trinajstić information content (AvgIpc) is 3.15. The predicted octanol–water partition coefficient (Wildman–Crippen LogP) is 2.41. The van der Waals surface area contributed by atoms with E-state index in [4.69, 9.17) is 24.8 Å². The molecular weight excluding hydrogens is 479 g/mol. The summed E-state index contributed by atoms with van der Waals surface area (Å²) in [6.45, 7) is 9.98. The highest BCUT2D eigenvalue weighted by molar-refractivity contribution is 7.56. The van der Waals surface area contributed by atoms with E-state index in [1.165, 1.54) is 27.1 Å². The molecule has 2 heterocycles. The molecule has 4 N–H and O–H groups in total. The summed E-state index contributed by atoms with van der Waals surface area (Å²) in [4.78, 5) is 35.9. The number of nitrogens with two attached hydrogens (primary N) is 1. The minimum atomic E-state index is -3.76. The van der Waals surface area contributed by atoms with Crippen molar-refractivity contribution in [3.05, 3.63) is 12.7 Å². The van der Waals surface area contributed by atoms with E-state index in [1.54, 1.807) is 31.7 Å². The third kappa shape index (κ3) is 8.24. The number of carbonyl (C=O) groups excluding carboxylic acids is 1. The summed E-state index contributed by atoms with van der Waals surface area (Å²) in [7, 11) is -3.76. The van der Waals surface area contributed by atoms with Crippen molar-refractivity contribution in [2.24, 2.45) is 5.92 Å². The molecule has 0 amide bonds. The molecular formula is C21H35N6O7P. The lowest BCUT2D eigenvalue weighted by Gasteiger charge is -2.31. The molecule has 0 spiro atoms. The molecule has 0 radical (unpaired) electrons. The highest BCUT2D eigenvalue weighted by Crippen LogP contribution is 2.45. The first-order valence-corrected chi connectivity index (χ1v) is 13.0. The molecule has 1 unspecified atom stereocenters. The number of esters is 1. The van der Waals surface area contributed by atoms with Crippen molar-refractivity contribution in [1.82, 2.24) is 24.6 Å². The summed E-state index contributed by atoms with van der Waals surface area (Å²) in [5, 5.41) is 11.9. The van der Waals surface area contributed by atoms with Gasteiger partial charge >= 0.3 is 11.9 Å². The Labute approximate surface area is 204 Å². The molecule has 2 aromatic rings. The number of aromatic nitrogens is 4. The van der Waals surface area contributed by atoms with Gasteiger partial charge in [0.05, 0.1) is 37.6 Å². The molecule has 0 aliphatic heterocycles. The Morgan fingerprint density at radius 1 is 1.23 bits per heavy atom. The summed E-state index contributed by atoms with van der Waals surface area (Å²) in [5.41, 5.74) is 5.47. The second-order valence-electron chi connectivity index (χ2n) is 9.16. The van der Waals surface area contributed by atoms with Crippen LogP contribution in [0.5, 0.6) is 0 Å². The third-order valence-electron chi connectivity index (χ3n) is 4.99. The standard InChI is InChI=1S/C21H35N6O7P/c1-13(2)34-20(30)21(5,6)26-35(31,33-8-7-14(3)19(28)29)12-32-15(4)9-27-11-25-16-17(22)23-10-24-18(16)27/h10-11,13-15H,7-9,12H2,1-6H3,(H,26,31)(H,28,29)(H2,22,23,24)/t14-,15-,35?/m0/s1. The minimum absolute atomic E-state index is 0.104. The number of imidazole rings is 1. The van der Waals surface area contributed by atoms with Gasteiger partial charge in [-0.15, -0.1) is 0 Å². The number of carboxylic acid groups (broad SMARTS) is 1. The van der Waals surface area contributed by atoms with E-state index in [-0.39, 0.29) is 31.3 Å². The van der Waals surface area contributed by atoms with E-state index < -0.39 is 37.0 Å². The lowest BCUT2D eigenvalue weighted by molar-refractivity contribution is -0.153. The van der Waals surface area contributed by atoms with Crippen LogP contribution in [0.2, 0.25) is 0 Å². The van der Waals surface area contributed by atoms with Gasteiger partial charge < -0.3 is 29.4 Å². The number of anilines is 1. The first-order valence-electron chi connectivity index (χ1n) is 11.2. The second kappa shape index (κ2) is 11.9. The second-order valence-corrected chi connectivity index (χ2v) is 11.2. The van der Waals surface area contributed by atoms with Crippen molar-refractivity contribution in [3.8, 4) is 0 Å². The van der Waals surface area contributed by atoms with Crippen LogP contribution in [-0.4, -0.2) is 67.3 Å². The van der Waals surface area contributed by atoms with E-state index >= 15 is 0 Å². The highest BCUT2D eigenvalue weighted by Gasteiger charge is 2.39. The first kappa shape index (κ1) is 28.6. The van der Waals surface area contributed by atoms with Gasteiger partial charge in [0.1, 0.15) is 23.7 Å². The molecule has 13 nitrogen and oxygen atoms in total. The molecule has 196 valence electrons. The van der Waals surface area contributed by atoms with Crippen molar-refractivity contribution in [2.45, 2.75) is 72.3 Å². The van der Waals surface area contributed by atoms with Crippen LogP contribution in [0.3, 0.4) is 0 Å². The minimum Gasteiger partial charge on any atom is -0.481 e. The Balaban J connectivity index is 2.11. The zero-order valence-corrected chi connectivity index (χ0v) is 21.8. The van der Waals surface area contributed by atoms with Gasteiger partial charge in [-0.1, -0.05) is 6.92 Å². The molecule has 2 aromatic heterocycles. The Morgan fingerprint density at radius 3 is 2.54 bits per heavy atom. The Morgan fingerprint density at radius 2 is 1.91 bits per heavy atom. The fourth-order valence-corrected chi connectivity index (χ4v) is 5.02.